The molecule has 18 heavy (non-hydrogen) atoms. The van der Waals surface area contributed by atoms with E-state index in [-0.39, 0.29) is 29.4 Å². The first kappa shape index (κ1) is 12.9. The normalized spacial score (nSPS) is 21.5. The summed E-state index contributed by atoms with van der Waals surface area (Å²) in [7, 11) is 0. The molecular weight excluding hydrogens is 235 g/mol. The van der Waals surface area contributed by atoms with Crippen LogP contribution in [0.5, 0.6) is 5.75 Å². The zero-order chi connectivity index (χ0) is 13.1. The topological polar surface area (TPSA) is 35.5 Å². The van der Waals surface area contributed by atoms with Gasteiger partial charge in [-0.1, -0.05) is 6.07 Å². The van der Waals surface area contributed by atoms with Crippen LogP contribution in [0, 0.1) is 11.7 Å². The van der Waals surface area contributed by atoms with E-state index in [1.54, 1.807) is 13.0 Å². The Balaban J connectivity index is 2.04. The molecule has 0 unspecified atom stereocenters. The van der Waals surface area contributed by atoms with E-state index in [0.717, 1.165) is 12.0 Å². The number of carbonyl (C=O) groups is 1. The van der Waals surface area contributed by atoms with Gasteiger partial charge in [0.2, 0.25) is 0 Å². The van der Waals surface area contributed by atoms with Gasteiger partial charge >= 0.3 is 5.97 Å². The molecule has 2 atom stereocenters. The minimum Gasteiger partial charge on any atom is -0.491 e. The van der Waals surface area contributed by atoms with Gasteiger partial charge in [-0.2, -0.15) is 0 Å². The molecule has 0 N–H and O–H groups in total. The average molecular weight is 252 g/mol. The third-order valence-electron chi connectivity index (χ3n) is 3.06. The summed E-state index contributed by atoms with van der Waals surface area (Å²) in [5.74, 6) is -0.313. The lowest BCUT2D eigenvalue weighted by atomic mass is 10.1. The summed E-state index contributed by atoms with van der Waals surface area (Å²) >= 11 is 0. The summed E-state index contributed by atoms with van der Waals surface area (Å²) in [6.07, 6.45) is 0.742. The first-order valence-corrected chi connectivity index (χ1v) is 6.26. The third kappa shape index (κ3) is 2.63. The van der Waals surface area contributed by atoms with Gasteiger partial charge in [-0.3, -0.25) is 4.79 Å². The summed E-state index contributed by atoms with van der Waals surface area (Å²) in [6, 6.07) is 4.89. The van der Waals surface area contributed by atoms with Gasteiger partial charge in [-0.05, 0) is 43.9 Å². The Morgan fingerprint density at radius 1 is 1.39 bits per heavy atom. The van der Waals surface area contributed by atoms with Gasteiger partial charge in [0, 0.05) is 0 Å². The fraction of sp³-hybridized carbons (Fsp3) is 0.500. The van der Waals surface area contributed by atoms with Crippen LogP contribution in [0.15, 0.2) is 18.2 Å². The molecule has 0 saturated heterocycles. The van der Waals surface area contributed by atoms with E-state index in [4.69, 9.17) is 9.47 Å². The number of hydrogen-bond acceptors (Lipinski definition) is 3. The van der Waals surface area contributed by atoms with Crippen molar-refractivity contribution >= 4 is 5.97 Å². The Labute approximate surface area is 106 Å². The molecule has 0 heterocycles. The largest absolute Gasteiger partial charge is 0.491 e. The van der Waals surface area contributed by atoms with Crippen molar-refractivity contribution in [3.8, 4) is 5.75 Å². The molecule has 0 radical (unpaired) electrons. The Bertz CT molecular complexity index is 445. The second kappa shape index (κ2) is 5.38. The van der Waals surface area contributed by atoms with Crippen LogP contribution in [0.2, 0.25) is 0 Å². The number of hydrogen-bond donors (Lipinski definition) is 0. The zero-order valence-electron chi connectivity index (χ0n) is 10.6. The lowest BCUT2D eigenvalue weighted by Gasteiger charge is -2.06. The summed E-state index contributed by atoms with van der Waals surface area (Å²) in [4.78, 5) is 11.5. The minimum absolute atomic E-state index is 0.0919. The number of carbonyl (C=O) groups excluding carboxylic acids is 1. The van der Waals surface area contributed by atoms with Gasteiger partial charge in [0.1, 0.15) is 0 Å². The maximum absolute atomic E-state index is 13.7. The molecule has 1 aromatic carbocycles. The van der Waals surface area contributed by atoms with Gasteiger partial charge in [0.15, 0.2) is 11.6 Å². The SMILES string of the molecule is CCOC(=O)[C@H]1C[C@H]1c1ccc(OCC)c(F)c1. The molecule has 0 amide bonds. The van der Waals surface area contributed by atoms with Crippen molar-refractivity contribution < 1.29 is 18.7 Å². The van der Waals surface area contributed by atoms with E-state index < -0.39 is 0 Å². The molecule has 3 nitrogen and oxygen atoms in total. The number of rotatable bonds is 5. The Kier molecular flexibility index (Phi) is 3.84. The molecule has 2 rings (SSSR count). The molecule has 4 heteroatoms. The second-order valence-corrected chi connectivity index (χ2v) is 4.32. The third-order valence-corrected chi connectivity index (χ3v) is 3.06. The fourth-order valence-corrected chi connectivity index (χ4v) is 2.09. The highest BCUT2D eigenvalue weighted by molar-refractivity contribution is 5.77. The maximum Gasteiger partial charge on any atom is 0.309 e. The van der Waals surface area contributed by atoms with Gasteiger partial charge < -0.3 is 9.47 Å². The van der Waals surface area contributed by atoms with Gasteiger partial charge in [0.05, 0.1) is 19.1 Å². The minimum atomic E-state index is -0.371. The van der Waals surface area contributed by atoms with E-state index in [1.165, 1.54) is 6.07 Å². The highest BCUT2D eigenvalue weighted by Crippen LogP contribution is 2.48. The summed E-state index contributed by atoms with van der Waals surface area (Å²) in [5, 5.41) is 0. The van der Waals surface area contributed by atoms with E-state index in [0.29, 0.717) is 13.2 Å². The lowest BCUT2D eigenvalue weighted by molar-refractivity contribution is -0.144. The van der Waals surface area contributed by atoms with Crippen LogP contribution in [-0.2, 0) is 9.53 Å². The highest BCUT2D eigenvalue weighted by Gasteiger charge is 2.45. The van der Waals surface area contributed by atoms with Gasteiger partial charge in [0.25, 0.3) is 0 Å². The van der Waals surface area contributed by atoms with E-state index in [1.807, 2.05) is 13.0 Å². The number of halogens is 1. The first-order chi connectivity index (χ1) is 8.67. The van der Waals surface area contributed by atoms with Crippen LogP contribution >= 0.6 is 0 Å². The molecule has 1 fully saturated rings. The molecule has 0 bridgehead atoms. The average Bonchev–Trinajstić information content (AvgIpc) is 3.12. The number of ether oxygens (including phenoxy) is 2. The van der Waals surface area contributed by atoms with Crippen molar-refractivity contribution in [2.45, 2.75) is 26.2 Å². The number of benzene rings is 1. The van der Waals surface area contributed by atoms with Gasteiger partial charge in [-0.15, -0.1) is 0 Å². The fourth-order valence-electron chi connectivity index (χ4n) is 2.09. The maximum atomic E-state index is 13.7. The molecule has 1 aliphatic rings. The molecule has 0 aromatic heterocycles. The monoisotopic (exact) mass is 252 g/mol. The van der Waals surface area contributed by atoms with Crippen molar-refractivity contribution in [1.82, 2.24) is 0 Å². The summed E-state index contributed by atoms with van der Waals surface area (Å²) in [6.45, 7) is 4.42. The standard InChI is InChI=1S/C14H17FO3/c1-3-17-13-6-5-9(7-12(13)15)10-8-11(10)14(16)18-4-2/h5-7,10-11H,3-4,8H2,1-2H3/t10-,11-/m0/s1. The van der Waals surface area contributed by atoms with Crippen LogP contribution in [0.3, 0.4) is 0 Å². The smallest absolute Gasteiger partial charge is 0.309 e. The highest BCUT2D eigenvalue weighted by atomic mass is 19.1. The second-order valence-electron chi connectivity index (χ2n) is 4.32. The summed E-state index contributed by atoms with van der Waals surface area (Å²) < 4.78 is 23.8. The van der Waals surface area contributed by atoms with Crippen LogP contribution in [0.4, 0.5) is 4.39 Å². The van der Waals surface area contributed by atoms with Crippen LogP contribution in [0.25, 0.3) is 0 Å². The van der Waals surface area contributed by atoms with Crippen molar-refractivity contribution in [2.24, 2.45) is 5.92 Å². The van der Waals surface area contributed by atoms with E-state index in [2.05, 4.69) is 0 Å². The quantitative estimate of drug-likeness (QED) is 0.756. The summed E-state index contributed by atoms with van der Waals surface area (Å²) in [5.41, 5.74) is 0.842. The molecule has 1 saturated carbocycles. The molecular formula is C14H17FO3. The van der Waals surface area contributed by atoms with Crippen molar-refractivity contribution in [3.05, 3.63) is 29.6 Å². The van der Waals surface area contributed by atoms with E-state index in [9.17, 15) is 9.18 Å². The van der Waals surface area contributed by atoms with Crippen LogP contribution in [0.1, 0.15) is 31.7 Å². The molecule has 0 aliphatic heterocycles. The molecule has 1 aromatic rings. The lowest BCUT2D eigenvalue weighted by Crippen LogP contribution is -2.07. The Morgan fingerprint density at radius 3 is 2.78 bits per heavy atom. The zero-order valence-corrected chi connectivity index (χ0v) is 10.6. The predicted octanol–water partition coefficient (Wildman–Crippen LogP) is 2.89. The number of esters is 1. The predicted molar refractivity (Wildman–Crippen MR) is 65.1 cm³/mol. The van der Waals surface area contributed by atoms with Crippen LogP contribution in [-0.4, -0.2) is 19.2 Å². The van der Waals surface area contributed by atoms with Crippen molar-refractivity contribution in [1.29, 1.82) is 0 Å². The van der Waals surface area contributed by atoms with Crippen LogP contribution < -0.4 is 4.74 Å². The van der Waals surface area contributed by atoms with Crippen molar-refractivity contribution in [2.75, 3.05) is 13.2 Å². The van der Waals surface area contributed by atoms with Gasteiger partial charge in [-0.25, -0.2) is 4.39 Å². The Hall–Kier alpha value is -1.58. The Morgan fingerprint density at radius 2 is 2.17 bits per heavy atom. The molecule has 1 aliphatic carbocycles. The van der Waals surface area contributed by atoms with E-state index >= 15 is 0 Å². The van der Waals surface area contributed by atoms with Crippen molar-refractivity contribution in [3.63, 3.8) is 0 Å². The first-order valence-electron chi connectivity index (χ1n) is 6.26. The molecule has 98 valence electrons. The molecule has 0 spiro atoms.